The van der Waals surface area contributed by atoms with Crippen LogP contribution in [0.2, 0.25) is 10.0 Å². The minimum absolute atomic E-state index is 0.0517. The standard InChI is InChI=1S/C18H19Cl2NO/c1-21(2)11-13-9-12-5-3-4-6-15(12)18(13)22-14-7-8-16(19)17(20)10-14/h3-8,10,13,18H,9,11H2,1-2H3. The van der Waals surface area contributed by atoms with E-state index >= 15 is 0 Å². The topological polar surface area (TPSA) is 12.5 Å². The first-order valence-corrected chi connectivity index (χ1v) is 8.14. The number of rotatable bonds is 4. The van der Waals surface area contributed by atoms with Crippen LogP contribution in [-0.2, 0) is 6.42 Å². The van der Waals surface area contributed by atoms with Gasteiger partial charge in [-0.2, -0.15) is 0 Å². The normalized spacial score (nSPS) is 20.2. The van der Waals surface area contributed by atoms with Crippen LogP contribution in [0.3, 0.4) is 0 Å². The predicted octanol–water partition coefficient (Wildman–Crippen LogP) is 4.85. The Morgan fingerprint density at radius 2 is 1.86 bits per heavy atom. The van der Waals surface area contributed by atoms with Crippen molar-refractivity contribution >= 4 is 23.2 Å². The van der Waals surface area contributed by atoms with E-state index in [1.807, 2.05) is 6.07 Å². The van der Waals surface area contributed by atoms with E-state index in [9.17, 15) is 0 Å². The van der Waals surface area contributed by atoms with E-state index in [4.69, 9.17) is 27.9 Å². The maximum absolute atomic E-state index is 6.28. The summed E-state index contributed by atoms with van der Waals surface area (Å²) in [7, 11) is 4.19. The molecule has 0 bridgehead atoms. The van der Waals surface area contributed by atoms with Gasteiger partial charge in [0.25, 0.3) is 0 Å². The largest absolute Gasteiger partial charge is 0.485 e. The van der Waals surface area contributed by atoms with Crippen molar-refractivity contribution in [2.45, 2.75) is 12.5 Å². The molecular formula is C18H19Cl2NO. The summed E-state index contributed by atoms with van der Waals surface area (Å²) in [6.07, 6.45) is 1.09. The summed E-state index contributed by atoms with van der Waals surface area (Å²) in [6, 6.07) is 14.0. The first-order valence-electron chi connectivity index (χ1n) is 7.39. The molecule has 0 spiro atoms. The number of hydrogen-bond acceptors (Lipinski definition) is 2. The number of fused-ring (bicyclic) bond motifs is 1. The van der Waals surface area contributed by atoms with Gasteiger partial charge < -0.3 is 9.64 Å². The summed E-state index contributed by atoms with van der Waals surface area (Å²) in [5.41, 5.74) is 2.65. The van der Waals surface area contributed by atoms with Gasteiger partial charge in [-0.1, -0.05) is 47.5 Å². The lowest BCUT2D eigenvalue weighted by molar-refractivity contribution is 0.128. The van der Waals surface area contributed by atoms with Crippen LogP contribution in [0.25, 0.3) is 0 Å². The van der Waals surface area contributed by atoms with Crippen LogP contribution in [0.5, 0.6) is 5.75 Å². The van der Waals surface area contributed by atoms with Crippen LogP contribution >= 0.6 is 23.2 Å². The molecule has 2 aromatic carbocycles. The van der Waals surface area contributed by atoms with Crippen molar-refractivity contribution in [2.75, 3.05) is 20.6 Å². The Hall–Kier alpha value is -1.22. The average Bonchev–Trinajstić information content (AvgIpc) is 2.80. The van der Waals surface area contributed by atoms with Gasteiger partial charge in [0.05, 0.1) is 10.0 Å². The fourth-order valence-corrected chi connectivity index (χ4v) is 3.41. The smallest absolute Gasteiger partial charge is 0.128 e. The first-order chi connectivity index (χ1) is 10.5. The van der Waals surface area contributed by atoms with Crippen molar-refractivity contribution in [1.82, 2.24) is 4.90 Å². The molecule has 0 amide bonds. The average molecular weight is 336 g/mol. The summed E-state index contributed by atoms with van der Waals surface area (Å²) < 4.78 is 6.28. The van der Waals surface area contributed by atoms with Gasteiger partial charge in [-0.05, 0) is 43.8 Å². The molecule has 4 heteroatoms. The predicted molar refractivity (Wildman–Crippen MR) is 92.0 cm³/mol. The lowest BCUT2D eigenvalue weighted by Gasteiger charge is -2.25. The molecular weight excluding hydrogens is 317 g/mol. The second-order valence-electron chi connectivity index (χ2n) is 6.04. The zero-order chi connectivity index (χ0) is 15.7. The summed E-state index contributed by atoms with van der Waals surface area (Å²) >= 11 is 12.1. The molecule has 0 N–H and O–H groups in total. The highest BCUT2D eigenvalue weighted by molar-refractivity contribution is 6.42. The van der Waals surface area contributed by atoms with E-state index < -0.39 is 0 Å². The van der Waals surface area contributed by atoms with E-state index in [1.165, 1.54) is 11.1 Å². The van der Waals surface area contributed by atoms with Crippen LogP contribution < -0.4 is 4.74 Å². The summed E-state index contributed by atoms with van der Waals surface area (Å²) in [5, 5.41) is 1.07. The van der Waals surface area contributed by atoms with E-state index in [0.29, 0.717) is 16.0 Å². The molecule has 2 atom stereocenters. The first kappa shape index (κ1) is 15.7. The molecule has 2 aromatic rings. The van der Waals surface area contributed by atoms with Crippen molar-refractivity contribution in [3.8, 4) is 5.75 Å². The van der Waals surface area contributed by atoms with Crippen LogP contribution in [0, 0.1) is 5.92 Å². The Balaban J connectivity index is 1.88. The van der Waals surface area contributed by atoms with Crippen molar-refractivity contribution < 1.29 is 4.74 Å². The maximum Gasteiger partial charge on any atom is 0.128 e. The van der Waals surface area contributed by atoms with Gasteiger partial charge in [-0.25, -0.2) is 0 Å². The van der Waals surface area contributed by atoms with E-state index in [-0.39, 0.29) is 6.10 Å². The molecule has 0 heterocycles. The molecule has 0 saturated heterocycles. The molecule has 0 aliphatic heterocycles. The van der Waals surface area contributed by atoms with Crippen molar-refractivity contribution in [1.29, 1.82) is 0 Å². The van der Waals surface area contributed by atoms with Crippen LogP contribution in [0.1, 0.15) is 17.2 Å². The molecule has 2 nitrogen and oxygen atoms in total. The molecule has 0 saturated carbocycles. The minimum atomic E-state index is 0.0517. The maximum atomic E-state index is 6.28. The molecule has 0 radical (unpaired) electrons. The third kappa shape index (κ3) is 3.24. The lowest BCUT2D eigenvalue weighted by atomic mass is 10.0. The van der Waals surface area contributed by atoms with Gasteiger partial charge in [0.2, 0.25) is 0 Å². The Morgan fingerprint density at radius 3 is 2.59 bits per heavy atom. The summed E-state index contributed by atoms with van der Waals surface area (Å²) in [6.45, 7) is 0.987. The molecule has 2 unspecified atom stereocenters. The minimum Gasteiger partial charge on any atom is -0.485 e. The van der Waals surface area contributed by atoms with Crippen molar-refractivity contribution in [3.63, 3.8) is 0 Å². The number of ether oxygens (including phenoxy) is 1. The molecule has 116 valence electrons. The summed E-state index contributed by atoms with van der Waals surface area (Å²) in [5.74, 6) is 1.20. The van der Waals surface area contributed by atoms with E-state index in [2.05, 4.69) is 43.3 Å². The monoisotopic (exact) mass is 335 g/mol. The van der Waals surface area contributed by atoms with Crippen molar-refractivity contribution in [3.05, 3.63) is 63.6 Å². The van der Waals surface area contributed by atoms with Crippen molar-refractivity contribution in [2.24, 2.45) is 5.92 Å². The van der Waals surface area contributed by atoms with E-state index in [0.717, 1.165) is 18.7 Å². The third-order valence-electron chi connectivity index (χ3n) is 4.03. The molecule has 1 aliphatic carbocycles. The molecule has 22 heavy (non-hydrogen) atoms. The second kappa shape index (κ2) is 6.49. The lowest BCUT2D eigenvalue weighted by Crippen LogP contribution is -2.27. The zero-order valence-corrected chi connectivity index (χ0v) is 14.2. The Kier molecular flexibility index (Phi) is 4.62. The zero-order valence-electron chi connectivity index (χ0n) is 12.7. The van der Waals surface area contributed by atoms with Gasteiger partial charge in [-0.15, -0.1) is 0 Å². The van der Waals surface area contributed by atoms with E-state index in [1.54, 1.807) is 12.1 Å². The Labute approximate surface area is 141 Å². The number of hydrogen-bond donors (Lipinski definition) is 0. The molecule has 1 aliphatic rings. The highest BCUT2D eigenvalue weighted by Gasteiger charge is 2.34. The van der Waals surface area contributed by atoms with Gasteiger partial charge >= 0.3 is 0 Å². The highest BCUT2D eigenvalue weighted by Crippen LogP contribution is 2.40. The number of halogens is 2. The third-order valence-corrected chi connectivity index (χ3v) is 4.76. The SMILES string of the molecule is CN(C)CC1Cc2ccccc2C1Oc1ccc(Cl)c(Cl)c1. The number of nitrogens with zero attached hydrogens (tertiary/aromatic N) is 1. The fourth-order valence-electron chi connectivity index (χ4n) is 3.13. The fraction of sp³-hybridized carbons (Fsp3) is 0.333. The summed E-state index contributed by atoms with van der Waals surface area (Å²) in [4.78, 5) is 2.21. The second-order valence-corrected chi connectivity index (χ2v) is 6.85. The highest BCUT2D eigenvalue weighted by atomic mass is 35.5. The number of benzene rings is 2. The quantitative estimate of drug-likeness (QED) is 0.792. The van der Waals surface area contributed by atoms with Crippen LogP contribution in [0.4, 0.5) is 0 Å². The van der Waals surface area contributed by atoms with Gasteiger partial charge in [0.1, 0.15) is 11.9 Å². The molecule has 3 rings (SSSR count). The van der Waals surface area contributed by atoms with Crippen LogP contribution in [0.15, 0.2) is 42.5 Å². The van der Waals surface area contributed by atoms with Gasteiger partial charge in [-0.3, -0.25) is 0 Å². The Bertz CT molecular complexity index is 672. The molecule has 0 aromatic heterocycles. The van der Waals surface area contributed by atoms with Gasteiger partial charge in [0.15, 0.2) is 0 Å². The Morgan fingerprint density at radius 1 is 1.09 bits per heavy atom. The molecule has 0 fully saturated rings. The van der Waals surface area contributed by atoms with Crippen LogP contribution in [-0.4, -0.2) is 25.5 Å². The van der Waals surface area contributed by atoms with Gasteiger partial charge in [0, 0.05) is 18.5 Å².